The number of nitro benzene ring substituents is 1. The monoisotopic (exact) mass is 307 g/mol. The maximum Gasteiger partial charge on any atom is 0.269 e. The topological polar surface area (TPSA) is 86.9 Å². The van der Waals surface area contributed by atoms with Gasteiger partial charge in [0.05, 0.1) is 11.5 Å². The normalized spacial score (nSPS) is 16.5. The number of carbonyl (C=O) groups is 1. The molecule has 0 bridgehead atoms. The SMILES string of the molecule is CN(C(=O)CN1CCC(CO)CC1)c1ccc([N+](=O)[O-])cc1. The number of carbonyl (C=O) groups excluding carboxylic acids is 1. The van der Waals surface area contributed by atoms with Crippen LogP contribution in [-0.2, 0) is 4.79 Å². The van der Waals surface area contributed by atoms with Gasteiger partial charge in [0.15, 0.2) is 0 Å². The van der Waals surface area contributed by atoms with E-state index in [9.17, 15) is 14.9 Å². The lowest BCUT2D eigenvalue weighted by atomic mass is 9.98. The minimum Gasteiger partial charge on any atom is -0.396 e. The Kier molecular flexibility index (Phi) is 5.46. The molecule has 0 aliphatic carbocycles. The molecule has 0 aromatic heterocycles. The third-order valence-corrected chi connectivity index (χ3v) is 4.15. The molecule has 7 heteroatoms. The Hall–Kier alpha value is -1.99. The summed E-state index contributed by atoms with van der Waals surface area (Å²) >= 11 is 0. The second-order valence-electron chi connectivity index (χ2n) is 5.63. The number of likely N-dealkylation sites (tertiary alicyclic amines) is 1. The van der Waals surface area contributed by atoms with Crippen LogP contribution in [0, 0.1) is 16.0 Å². The third-order valence-electron chi connectivity index (χ3n) is 4.15. The molecular formula is C15H21N3O4. The molecule has 0 saturated carbocycles. The van der Waals surface area contributed by atoms with Gasteiger partial charge < -0.3 is 10.0 Å². The molecule has 0 atom stereocenters. The van der Waals surface area contributed by atoms with Crippen LogP contribution in [0.5, 0.6) is 0 Å². The van der Waals surface area contributed by atoms with Gasteiger partial charge in [-0.3, -0.25) is 19.8 Å². The fraction of sp³-hybridized carbons (Fsp3) is 0.533. The maximum absolute atomic E-state index is 12.3. The van der Waals surface area contributed by atoms with E-state index in [4.69, 9.17) is 5.11 Å². The smallest absolute Gasteiger partial charge is 0.269 e. The number of non-ortho nitro benzene ring substituents is 1. The maximum atomic E-state index is 12.3. The molecule has 2 rings (SSSR count). The zero-order valence-corrected chi connectivity index (χ0v) is 12.6. The van der Waals surface area contributed by atoms with Crippen molar-refractivity contribution >= 4 is 17.3 Å². The summed E-state index contributed by atoms with van der Waals surface area (Å²) in [5, 5.41) is 19.7. The molecule has 0 spiro atoms. The molecule has 1 aliphatic heterocycles. The van der Waals surface area contributed by atoms with Gasteiger partial charge in [0, 0.05) is 31.5 Å². The summed E-state index contributed by atoms with van der Waals surface area (Å²) in [5.41, 5.74) is 0.650. The van der Waals surface area contributed by atoms with Gasteiger partial charge in [-0.2, -0.15) is 0 Å². The second-order valence-corrected chi connectivity index (χ2v) is 5.63. The molecule has 22 heavy (non-hydrogen) atoms. The number of amides is 1. The molecule has 1 aromatic carbocycles. The minimum atomic E-state index is -0.461. The van der Waals surface area contributed by atoms with Crippen LogP contribution in [0.2, 0.25) is 0 Å². The van der Waals surface area contributed by atoms with Gasteiger partial charge in [0.1, 0.15) is 0 Å². The summed E-state index contributed by atoms with van der Waals surface area (Å²) in [4.78, 5) is 26.0. The third kappa shape index (κ3) is 4.02. The lowest BCUT2D eigenvalue weighted by Gasteiger charge is -2.31. The van der Waals surface area contributed by atoms with E-state index in [2.05, 4.69) is 4.90 Å². The first kappa shape index (κ1) is 16.4. The Bertz CT molecular complexity index is 524. The van der Waals surface area contributed by atoms with Crippen molar-refractivity contribution in [1.29, 1.82) is 0 Å². The van der Waals surface area contributed by atoms with Crippen LogP contribution in [0.1, 0.15) is 12.8 Å². The predicted molar refractivity (Wildman–Crippen MR) is 82.8 cm³/mol. The van der Waals surface area contributed by atoms with E-state index in [1.54, 1.807) is 19.2 Å². The highest BCUT2D eigenvalue weighted by Gasteiger charge is 2.22. The Balaban J connectivity index is 1.90. The lowest BCUT2D eigenvalue weighted by Crippen LogP contribution is -2.42. The van der Waals surface area contributed by atoms with Gasteiger partial charge in [-0.05, 0) is 44.0 Å². The van der Waals surface area contributed by atoms with E-state index >= 15 is 0 Å². The molecule has 1 fully saturated rings. The Morgan fingerprint density at radius 3 is 2.45 bits per heavy atom. The van der Waals surface area contributed by atoms with Crippen LogP contribution in [0.25, 0.3) is 0 Å². The van der Waals surface area contributed by atoms with Crippen molar-refractivity contribution in [3.63, 3.8) is 0 Å². The summed E-state index contributed by atoms with van der Waals surface area (Å²) in [5.74, 6) is 0.301. The van der Waals surface area contributed by atoms with Gasteiger partial charge in [-0.15, -0.1) is 0 Å². The van der Waals surface area contributed by atoms with E-state index in [0.717, 1.165) is 25.9 Å². The Morgan fingerprint density at radius 1 is 1.36 bits per heavy atom. The van der Waals surface area contributed by atoms with Crippen molar-refractivity contribution in [1.82, 2.24) is 4.90 Å². The summed E-state index contributed by atoms with van der Waals surface area (Å²) in [6.07, 6.45) is 1.82. The molecular weight excluding hydrogens is 286 g/mol. The number of nitro groups is 1. The van der Waals surface area contributed by atoms with Crippen molar-refractivity contribution in [2.45, 2.75) is 12.8 Å². The standard InChI is InChI=1S/C15H21N3O4/c1-16(13-2-4-14(5-3-13)18(21)22)15(20)10-17-8-6-12(11-19)7-9-17/h2-5,12,19H,6-11H2,1H3. The number of benzene rings is 1. The van der Waals surface area contributed by atoms with Gasteiger partial charge >= 0.3 is 0 Å². The number of piperidine rings is 1. The highest BCUT2D eigenvalue weighted by atomic mass is 16.6. The molecule has 120 valence electrons. The zero-order chi connectivity index (χ0) is 16.1. The number of aliphatic hydroxyl groups excluding tert-OH is 1. The number of rotatable bonds is 5. The molecule has 1 saturated heterocycles. The fourth-order valence-electron chi connectivity index (χ4n) is 2.57. The van der Waals surface area contributed by atoms with E-state index < -0.39 is 4.92 Å². The Morgan fingerprint density at radius 2 is 1.95 bits per heavy atom. The van der Waals surface area contributed by atoms with Crippen LogP contribution in [0.4, 0.5) is 11.4 Å². The van der Waals surface area contributed by atoms with Gasteiger partial charge in [0.2, 0.25) is 5.91 Å². The van der Waals surface area contributed by atoms with Crippen LogP contribution < -0.4 is 4.90 Å². The minimum absolute atomic E-state index is 0.00988. The van der Waals surface area contributed by atoms with E-state index in [1.165, 1.54) is 17.0 Å². The number of aliphatic hydroxyl groups is 1. The van der Waals surface area contributed by atoms with Gasteiger partial charge in [-0.1, -0.05) is 0 Å². The van der Waals surface area contributed by atoms with Crippen LogP contribution >= 0.6 is 0 Å². The quantitative estimate of drug-likeness (QED) is 0.653. The van der Waals surface area contributed by atoms with Crippen molar-refractivity contribution in [3.8, 4) is 0 Å². The van der Waals surface area contributed by atoms with Crippen LogP contribution in [-0.4, -0.2) is 54.1 Å². The summed E-state index contributed by atoms with van der Waals surface area (Å²) in [7, 11) is 1.67. The van der Waals surface area contributed by atoms with Gasteiger partial charge in [-0.25, -0.2) is 0 Å². The molecule has 7 nitrogen and oxygen atoms in total. The number of anilines is 1. The highest BCUT2D eigenvalue weighted by Crippen LogP contribution is 2.20. The van der Waals surface area contributed by atoms with E-state index in [0.29, 0.717) is 18.2 Å². The first-order valence-electron chi connectivity index (χ1n) is 7.35. The van der Waals surface area contributed by atoms with Crippen molar-refractivity contribution in [3.05, 3.63) is 34.4 Å². The van der Waals surface area contributed by atoms with Crippen molar-refractivity contribution in [2.75, 3.05) is 38.2 Å². The Labute approximate surface area is 129 Å². The predicted octanol–water partition coefficient (Wildman–Crippen LogP) is 1.26. The highest BCUT2D eigenvalue weighted by molar-refractivity contribution is 5.94. The average Bonchev–Trinajstić information content (AvgIpc) is 2.55. The van der Waals surface area contributed by atoms with Crippen molar-refractivity contribution < 1.29 is 14.8 Å². The molecule has 1 amide bonds. The molecule has 0 unspecified atom stereocenters. The largest absolute Gasteiger partial charge is 0.396 e. The van der Waals surface area contributed by atoms with Crippen molar-refractivity contribution in [2.24, 2.45) is 5.92 Å². The molecule has 1 aromatic rings. The van der Waals surface area contributed by atoms with E-state index in [-0.39, 0.29) is 18.2 Å². The lowest BCUT2D eigenvalue weighted by molar-refractivity contribution is -0.384. The first-order valence-corrected chi connectivity index (χ1v) is 7.35. The first-order chi connectivity index (χ1) is 10.5. The number of hydrogen-bond acceptors (Lipinski definition) is 5. The molecule has 1 aliphatic rings. The summed E-state index contributed by atoms with van der Waals surface area (Å²) < 4.78 is 0. The van der Waals surface area contributed by atoms with Crippen LogP contribution in [0.3, 0.4) is 0 Å². The fourth-order valence-corrected chi connectivity index (χ4v) is 2.57. The number of likely N-dealkylation sites (N-methyl/N-ethyl adjacent to an activating group) is 1. The summed E-state index contributed by atoms with van der Waals surface area (Å²) in [6.45, 7) is 2.16. The zero-order valence-electron chi connectivity index (χ0n) is 12.6. The molecule has 1 heterocycles. The second kappa shape index (κ2) is 7.33. The van der Waals surface area contributed by atoms with Gasteiger partial charge in [0.25, 0.3) is 5.69 Å². The number of nitrogens with zero attached hydrogens (tertiary/aromatic N) is 3. The van der Waals surface area contributed by atoms with Crippen LogP contribution in [0.15, 0.2) is 24.3 Å². The number of hydrogen-bond donors (Lipinski definition) is 1. The van der Waals surface area contributed by atoms with E-state index in [1.807, 2.05) is 0 Å². The molecule has 1 N–H and O–H groups in total. The summed E-state index contributed by atoms with van der Waals surface area (Å²) in [6, 6.07) is 5.94. The molecule has 0 radical (unpaired) electrons. The average molecular weight is 307 g/mol.